The number of ether oxygens (including phenoxy) is 3. The molecule has 10 nitrogen and oxygen atoms in total. The van der Waals surface area contributed by atoms with Crippen molar-refractivity contribution in [2.24, 2.45) is 0 Å². The van der Waals surface area contributed by atoms with Crippen LogP contribution in [-0.4, -0.2) is 82.2 Å². The van der Waals surface area contributed by atoms with Gasteiger partial charge in [0, 0.05) is 12.8 Å². The Kier molecular flexibility index (Phi) is 37.0. The molecule has 0 bridgehead atoms. The molecule has 4 atom stereocenters. The normalized spacial score (nSPS) is 16.8. The number of quaternary nitrogens is 1. The molecule has 0 aromatic carbocycles. The highest BCUT2D eigenvalue weighted by molar-refractivity contribution is 7.45. The Labute approximate surface area is 375 Å². The number of allylic oxidation sites excluding steroid dienone is 1. The van der Waals surface area contributed by atoms with E-state index in [4.69, 9.17) is 23.3 Å². The van der Waals surface area contributed by atoms with Crippen molar-refractivity contribution in [3.05, 3.63) is 12.2 Å². The molecule has 0 amide bonds. The number of carbonyl (C=O) groups is 2. The number of epoxide rings is 1. The molecular formula is C50H96NO9P. The lowest BCUT2D eigenvalue weighted by atomic mass is 10.0. The lowest BCUT2D eigenvalue weighted by molar-refractivity contribution is -0.870. The fraction of sp³-hybridized carbons (Fsp3) is 0.920. The minimum atomic E-state index is -4.63. The van der Waals surface area contributed by atoms with Crippen molar-refractivity contribution >= 4 is 19.8 Å². The summed E-state index contributed by atoms with van der Waals surface area (Å²) in [4.78, 5) is 37.7. The first kappa shape index (κ1) is 57.7. The van der Waals surface area contributed by atoms with Gasteiger partial charge in [-0.15, -0.1) is 0 Å². The van der Waals surface area contributed by atoms with E-state index in [0.29, 0.717) is 36.1 Å². The number of phosphoric acid groups is 1. The van der Waals surface area contributed by atoms with Crippen LogP contribution in [0.1, 0.15) is 232 Å². The van der Waals surface area contributed by atoms with Crippen molar-refractivity contribution in [1.29, 1.82) is 0 Å². The van der Waals surface area contributed by atoms with Gasteiger partial charge in [-0.05, 0) is 38.5 Å². The molecule has 0 radical (unpaired) electrons. The fourth-order valence-corrected chi connectivity index (χ4v) is 8.33. The van der Waals surface area contributed by atoms with E-state index in [1.807, 2.05) is 21.1 Å². The van der Waals surface area contributed by atoms with E-state index in [0.717, 1.165) is 51.4 Å². The maximum absolute atomic E-state index is 12.7. The Bertz CT molecular complexity index is 1110. The summed E-state index contributed by atoms with van der Waals surface area (Å²) >= 11 is 0. The minimum absolute atomic E-state index is 0.0324. The number of likely N-dealkylation sites (N-methyl/N-ethyl adjacent to an activating group) is 1. The zero-order valence-electron chi connectivity index (χ0n) is 40.3. The molecule has 360 valence electrons. The Morgan fingerprint density at radius 2 is 1.05 bits per heavy atom. The second-order valence-electron chi connectivity index (χ2n) is 18.9. The number of nitrogens with zero attached hydrogens (tertiary/aromatic N) is 1. The van der Waals surface area contributed by atoms with Crippen LogP contribution in [0.3, 0.4) is 0 Å². The molecule has 0 spiro atoms. The van der Waals surface area contributed by atoms with E-state index in [2.05, 4.69) is 26.0 Å². The maximum atomic E-state index is 12.7. The lowest BCUT2D eigenvalue weighted by Crippen LogP contribution is -2.37. The van der Waals surface area contributed by atoms with Crippen LogP contribution in [0.25, 0.3) is 0 Å². The Hall–Kier alpha value is -1.29. The molecule has 0 aromatic rings. The molecule has 0 aromatic heterocycles. The van der Waals surface area contributed by atoms with Crippen LogP contribution in [0, 0.1) is 0 Å². The van der Waals surface area contributed by atoms with Gasteiger partial charge in [0.2, 0.25) is 0 Å². The Balaban J connectivity index is 2.19. The summed E-state index contributed by atoms with van der Waals surface area (Å²) in [6.07, 6.45) is 44.1. The quantitative estimate of drug-likeness (QED) is 0.0147. The van der Waals surface area contributed by atoms with Crippen LogP contribution < -0.4 is 4.89 Å². The van der Waals surface area contributed by atoms with E-state index >= 15 is 0 Å². The summed E-state index contributed by atoms with van der Waals surface area (Å²) in [5, 5.41) is 0. The summed E-state index contributed by atoms with van der Waals surface area (Å²) in [7, 11) is 1.16. The third-order valence-corrected chi connectivity index (χ3v) is 12.7. The van der Waals surface area contributed by atoms with Gasteiger partial charge in [0.15, 0.2) is 6.10 Å². The van der Waals surface area contributed by atoms with E-state index < -0.39 is 32.5 Å². The maximum Gasteiger partial charge on any atom is 0.306 e. The fourth-order valence-electron chi connectivity index (χ4n) is 7.60. The van der Waals surface area contributed by atoms with Gasteiger partial charge in [-0.1, -0.05) is 193 Å². The highest BCUT2D eigenvalue weighted by atomic mass is 31.2. The van der Waals surface area contributed by atoms with Gasteiger partial charge in [-0.25, -0.2) is 0 Å². The number of carbonyl (C=O) groups excluding carboxylic acids is 2. The number of hydrogen-bond acceptors (Lipinski definition) is 9. The molecule has 1 fully saturated rings. The van der Waals surface area contributed by atoms with Crippen molar-refractivity contribution in [2.75, 3.05) is 47.5 Å². The van der Waals surface area contributed by atoms with Crippen LogP contribution in [0.4, 0.5) is 0 Å². The predicted octanol–water partition coefficient (Wildman–Crippen LogP) is 13.3. The molecule has 61 heavy (non-hydrogen) atoms. The number of rotatable bonds is 46. The second kappa shape index (κ2) is 39.1. The van der Waals surface area contributed by atoms with Gasteiger partial charge >= 0.3 is 11.9 Å². The van der Waals surface area contributed by atoms with Crippen LogP contribution in [-0.2, 0) is 37.4 Å². The molecule has 1 heterocycles. The van der Waals surface area contributed by atoms with Crippen molar-refractivity contribution < 1.29 is 46.8 Å². The largest absolute Gasteiger partial charge is 0.756 e. The standard InChI is InChI=1S/C50H96NO9P/c1-6-8-10-11-12-13-14-15-16-17-18-19-20-21-22-23-24-25-30-33-37-41-50(53)59-46(45-58-61(54,55)57-43-42-51(3,4)5)44-56-49(52)40-36-32-29-27-26-28-31-35-39-48-47(60-48)38-34-9-7-2/h31,35,46-48H,6-30,32-34,36-45H2,1-5H3/b35-31-/t46-,47?,48?/m1/s1. The Morgan fingerprint density at radius 3 is 1.56 bits per heavy atom. The number of esters is 2. The van der Waals surface area contributed by atoms with Crippen LogP contribution in [0.5, 0.6) is 0 Å². The smallest absolute Gasteiger partial charge is 0.306 e. The van der Waals surface area contributed by atoms with Crippen LogP contribution in [0.15, 0.2) is 12.2 Å². The summed E-state index contributed by atoms with van der Waals surface area (Å²) in [6.45, 7) is 4.22. The monoisotopic (exact) mass is 886 g/mol. The summed E-state index contributed by atoms with van der Waals surface area (Å²) in [5.74, 6) is -0.843. The van der Waals surface area contributed by atoms with Crippen molar-refractivity contribution in [2.45, 2.75) is 250 Å². The van der Waals surface area contributed by atoms with E-state index in [1.165, 1.54) is 141 Å². The highest BCUT2D eigenvalue weighted by Gasteiger charge is 2.36. The lowest BCUT2D eigenvalue weighted by Gasteiger charge is -2.28. The molecule has 11 heteroatoms. The molecule has 1 aliphatic heterocycles. The number of hydrogen-bond donors (Lipinski definition) is 0. The van der Waals surface area contributed by atoms with Crippen molar-refractivity contribution in [3.8, 4) is 0 Å². The van der Waals surface area contributed by atoms with Crippen LogP contribution in [0.2, 0.25) is 0 Å². The van der Waals surface area contributed by atoms with Gasteiger partial charge in [-0.3, -0.25) is 14.2 Å². The topological polar surface area (TPSA) is 124 Å². The predicted molar refractivity (Wildman–Crippen MR) is 249 cm³/mol. The highest BCUT2D eigenvalue weighted by Crippen LogP contribution is 2.38. The van der Waals surface area contributed by atoms with Gasteiger partial charge in [0.1, 0.15) is 19.8 Å². The van der Waals surface area contributed by atoms with Gasteiger partial charge in [-0.2, -0.15) is 0 Å². The van der Waals surface area contributed by atoms with E-state index in [-0.39, 0.29) is 26.1 Å². The van der Waals surface area contributed by atoms with E-state index in [1.54, 1.807) is 0 Å². The third kappa shape index (κ3) is 40.0. The first-order valence-corrected chi connectivity index (χ1v) is 27.0. The zero-order chi connectivity index (χ0) is 44.7. The first-order valence-electron chi connectivity index (χ1n) is 25.5. The number of phosphoric ester groups is 1. The second-order valence-corrected chi connectivity index (χ2v) is 20.3. The minimum Gasteiger partial charge on any atom is -0.756 e. The summed E-state index contributed by atoms with van der Waals surface area (Å²) in [6, 6.07) is 0. The Morgan fingerprint density at radius 1 is 0.590 bits per heavy atom. The van der Waals surface area contributed by atoms with Crippen molar-refractivity contribution in [1.82, 2.24) is 0 Å². The molecule has 3 unspecified atom stereocenters. The van der Waals surface area contributed by atoms with Gasteiger partial charge in [0.05, 0.1) is 40.0 Å². The van der Waals surface area contributed by atoms with Crippen molar-refractivity contribution in [3.63, 3.8) is 0 Å². The van der Waals surface area contributed by atoms with Crippen LogP contribution >= 0.6 is 7.82 Å². The zero-order valence-corrected chi connectivity index (χ0v) is 41.2. The molecular weight excluding hydrogens is 790 g/mol. The number of unbranched alkanes of at least 4 members (excludes halogenated alkanes) is 27. The molecule has 1 aliphatic rings. The molecule has 1 saturated heterocycles. The van der Waals surface area contributed by atoms with Gasteiger partial charge < -0.3 is 32.6 Å². The molecule has 0 aliphatic carbocycles. The van der Waals surface area contributed by atoms with Gasteiger partial charge in [0.25, 0.3) is 7.82 Å². The average molecular weight is 886 g/mol. The van der Waals surface area contributed by atoms with E-state index in [9.17, 15) is 19.0 Å². The molecule has 1 rings (SSSR count). The SMILES string of the molecule is CCCCCCCCCCCCCCCCCCCCCCCC(=O)O[C@H](COC(=O)CCCCCCC/C=C\CC1OC1CCCCC)COP(=O)([O-])OCC[N+](C)(C)C. The third-order valence-electron chi connectivity index (χ3n) is 11.7. The molecule has 0 saturated carbocycles. The average Bonchev–Trinajstić information content (AvgIpc) is 3.97. The summed E-state index contributed by atoms with van der Waals surface area (Å²) in [5.41, 5.74) is 0. The molecule has 0 N–H and O–H groups in total. The summed E-state index contributed by atoms with van der Waals surface area (Å²) < 4.78 is 39.8. The first-order chi connectivity index (χ1) is 29.5.